The van der Waals surface area contributed by atoms with Crippen LogP contribution in [-0.2, 0) is 4.79 Å². The van der Waals surface area contributed by atoms with Gasteiger partial charge in [-0.3, -0.25) is 9.69 Å². The second-order valence-electron chi connectivity index (χ2n) is 4.75. The molecule has 0 aromatic rings. The molecular weight excluding hydrogens is 188 g/mol. The number of amides is 1. The van der Waals surface area contributed by atoms with Crippen molar-refractivity contribution < 1.29 is 4.79 Å². The van der Waals surface area contributed by atoms with Crippen LogP contribution in [0.3, 0.4) is 0 Å². The summed E-state index contributed by atoms with van der Waals surface area (Å²) >= 11 is 0. The van der Waals surface area contributed by atoms with Gasteiger partial charge in [0.1, 0.15) is 0 Å². The highest BCUT2D eigenvalue weighted by atomic mass is 16.1. The van der Waals surface area contributed by atoms with Crippen molar-refractivity contribution in [1.29, 1.82) is 0 Å². The van der Waals surface area contributed by atoms with Crippen LogP contribution < -0.4 is 5.73 Å². The van der Waals surface area contributed by atoms with E-state index in [0.29, 0.717) is 5.41 Å². The van der Waals surface area contributed by atoms with Crippen molar-refractivity contribution >= 4 is 5.91 Å². The van der Waals surface area contributed by atoms with E-state index < -0.39 is 0 Å². The molecule has 88 valence electrons. The Balaban J connectivity index is 2.65. The Hall–Kier alpha value is -0.570. The number of likely N-dealkylation sites (tertiary alicyclic amines) is 1. The predicted molar refractivity (Wildman–Crippen MR) is 62.5 cm³/mol. The maximum absolute atomic E-state index is 11.3. The van der Waals surface area contributed by atoms with Crippen molar-refractivity contribution in [3.05, 3.63) is 0 Å². The Morgan fingerprint density at radius 3 is 2.33 bits per heavy atom. The molecule has 0 aliphatic carbocycles. The minimum absolute atomic E-state index is 0.0509. The smallest absolute Gasteiger partial charge is 0.234 e. The average Bonchev–Trinajstić information content (AvgIpc) is 2.64. The second kappa shape index (κ2) is 4.97. The third-order valence-corrected chi connectivity index (χ3v) is 4.12. The maximum atomic E-state index is 11.3. The maximum Gasteiger partial charge on any atom is 0.234 e. The van der Waals surface area contributed by atoms with E-state index in [4.69, 9.17) is 5.73 Å². The molecule has 1 aliphatic heterocycles. The van der Waals surface area contributed by atoms with Crippen LogP contribution in [-0.4, -0.2) is 29.9 Å². The normalized spacial score (nSPS) is 22.9. The van der Waals surface area contributed by atoms with Crippen LogP contribution in [0.4, 0.5) is 0 Å². The van der Waals surface area contributed by atoms with Gasteiger partial charge >= 0.3 is 0 Å². The predicted octanol–water partition coefficient (Wildman–Crippen LogP) is 1.76. The van der Waals surface area contributed by atoms with E-state index in [2.05, 4.69) is 18.7 Å². The molecular formula is C12H24N2O. The number of carbonyl (C=O) groups excluding carboxylic acids is 1. The van der Waals surface area contributed by atoms with E-state index in [0.717, 1.165) is 19.5 Å². The number of carbonyl (C=O) groups is 1. The number of primary amides is 1. The molecule has 0 aromatic heterocycles. The number of nitrogens with zero attached hydrogens (tertiary/aromatic N) is 1. The van der Waals surface area contributed by atoms with Crippen molar-refractivity contribution in [2.75, 3.05) is 13.1 Å². The summed E-state index contributed by atoms with van der Waals surface area (Å²) in [6, 6.07) is -0.0509. The SMILES string of the molecule is CCC(C(N)=O)N1CCC(CC)(CC)C1. The number of nitrogens with two attached hydrogens (primary N) is 1. The third kappa shape index (κ3) is 2.51. The molecule has 3 heteroatoms. The van der Waals surface area contributed by atoms with Crippen LogP contribution >= 0.6 is 0 Å². The van der Waals surface area contributed by atoms with E-state index in [1.807, 2.05) is 6.92 Å². The van der Waals surface area contributed by atoms with Crippen molar-refractivity contribution in [2.24, 2.45) is 11.1 Å². The van der Waals surface area contributed by atoms with Crippen molar-refractivity contribution in [3.8, 4) is 0 Å². The van der Waals surface area contributed by atoms with E-state index in [1.54, 1.807) is 0 Å². The van der Waals surface area contributed by atoms with Gasteiger partial charge in [0.05, 0.1) is 6.04 Å². The van der Waals surface area contributed by atoms with Gasteiger partial charge in [0, 0.05) is 6.54 Å². The minimum Gasteiger partial charge on any atom is -0.368 e. The molecule has 1 unspecified atom stereocenters. The summed E-state index contributed by atoms with van der Waals surface area (Å²) in [6.07, 6.45) is 4.45. The topological polar surface area (TPSA) is 46.3 Å². The fourth-order valence-corrected chi connectivity index (χ4v) is 2.70. The Kier molecular flexibility index (Phi) is 4.14. The molecule has 2 N–H and O–H groups in total. The molecule has 0 saturated carbocycles. The summed E-state index contributed by atoms with van der Waals surface area (Å²) < 4.78 is 0. The van der Waals surface area contributed by atoms with Crippen LogP contribution in [0.25, 0.3) is 0 Å². The third-order valence-electron chi connectivity index (χ3n) is 4.12. The monoisotopic (exact) mass is 212 g/mol. The van der Waals surface area contributed by atoms with Gasteiger partial charge < -0.3 is 5.73 Å². The van der Waals surface area contributed by atoms with Gasteiger partial charge in [0.25, 0.3) is 0 Å². The van der Waals surface area contributed by atoms with Crippen LogP contribution in [0.5, 0.6) is 0 Å². The van der Waals surface area contributed by atoms with Gasteiger partial charge in [-0.05, 0) is 37.6 Å². The first-order chi connectivity index (χ1) is 7.08. The summed E-state index contributed by atoms with van der Waals surface area (Å²) in [5.41, 5.74) is 5.85. The van der Waals surface area contributed by atoms with Crippen LogP contribution in [0.1, 0.15) is 46.5 Å². The number of hydrogen-bond acceptors (Lipinski definition) is 2. The van der Waals surface area contributed by atoms with E-state index in [9.17, 15) is 4.79 Å². The first-order valence-corrected chi connectivity index (χ1v) is 6.12. The molecule has 1 atom stereocenters. The summed E-state index contributed by atoms with van der Waals surface area (Å²) in [5, 5.41) is 0. The summed E-state index contributed by atoms with van der Waals surface area (Å²) in [4.78, 5) is 13.6. The zero-order valence-electron chi connectivity index (χ0n) is 10.3. The Morgan fingerprint density at radius 2 is 2.00 bits per heavy atom. The Bertz CT molecular complexity index is 224. The molecule has 1 saturated heterocycles. The highest BCUT2D eigenvalue weighted by Crippen LogP contribution is 2.37. The van der Waals surface area contributed by atoms with Gasteiger partial charge in [0.2, 0.25) is 5.91 Å². The van der Waals surface area contributed by atoms with E-state index in [-0.39, 0.29) is 11.9 Å². The van der Waals surface area contributed by atoms with E-state index >= 15 is 0 Å². The Labute approximate surface area is 93.0 Å². The van der Waals surface area contributed by atoms with E-state index in [1.165, 1.54) is 19.3 Å². The molecule has 1 fully saturated rings. The fraction of sp³-hybridized carbons (Fsp3) is 0.917. The number of hydrogen-bond donors (Lipinski definition) is 1. The molecule has 0 bridgehead atoms. The van der Waals surface area contributed by atoms with Crippen LogP contribution in [0, 0.1) is 5.41 Å². The van der Waals surface area contributed by atoms with Crippen molar-refractivity contribution in [1.82, 2.24) is 4.90 Å². The quantitative estimate of drug-likeness (QED) is 0.755. The molecule has 0 spiro atoms. The molecule has 1 amide bonds. The Morgan fingerprint density at radius 1 is 1.40 bits per heavy atom. The van der Waals surface area contributed by atoms with Gasteiger partial charge in [-0.2, -0.15) is 0 Å². The minimum atomic E-state index is -0.166. The molecule has 1 heterocycles. The molecule has 0 aromatic carbocycles. The average molecular weight is 212 g/mol. The molecule has 0 radical (unpaired) electrons. The molecule has 15 heavy (non-hydrogen) atoms. The fourth-order valence-electron chi connectivity index (χ4n) is 2.70. The highest BCUT2D eigenvalue weighted by molar-refractivity contribution is 5.79. The van der Waals surface area contributed by atoms with Gasteiger partial charge in [-0.1, -0.05) is 20.8 Å². The summed E-state index contributed by atoms with van der Waals surface area (Å²) in [5.74, 6) is -0.166. The standard InChI is InChI=1S/C12H24N2O/c1-4-10(11(13)15)14-8-7-12(5-2,6-3)9-14/h10H,4-9H2,1-3H3,(H2,13,15). The summed E-state index contributed by atoms with van der Waals surface area (Å²) in [6.45, 7) is 8.61. The summed E-state index contributed by atoms with van der Waals surface area (Å²) in [7, 11) is 0. The molecule has 1 rings (SSSR count). The molecule has 3 nitrogen and oxygen atoms in total. The first-order valence-electron chi connectivity index (χ1n) is 6.12. The second-order valence-corrected chi connectivity index (χ2v) is 4.75. The lowest BCUT2D eigenvalue weighted by Gasteiger charge is -2.29. The largest absolute Gasteiger partial charge is 0.368 e. The lowest BCUT2D eigenvalue weighted by Crippen LogP contribution is -2.44. The van der Waals surface area contributed by atoms with Crippen molar-refractivity contribution in [3.63, 3.8) is 0 Å². The number of rotatable bonds is 5. The zero-order valence-corrected chi connectivity index (χ0v) is 10.3. The van der Waals surface area contributed by atoms with Gasteiger partial charge in [0.15, 0.2) is 0 Å². The van der Waals surface area contributed by atoms with Gasteiger partial charge in [-0.25, -0.2) is 0 Å². The van der Waals surface area contributed by atoms with Crippen LogP contribution in [0.2, 0.25) is 0 Å². The van der Waals surface area contributed by atoms with Gasteiger partial charge in [-0.15, -0.1) is 0 Å². The zero-order chi connectivity index (χ0) is 11.5. The lowest BCUT2D eigenvalue weighted by molar-refractivity contribution is -0.123. The van der Waals surface area contributed by atoms with Crippen LogP contribution in [0.15, 0.2) is 0 Å². The molecule has 1 aliphatic rings. The van der Waals surface area contributed by atoms with Crippen molar-refractivity contribution in [2.45, 2.75) is 52.5 Å². The highest BCUT2D eigenvalue weighted by Gasteiger charge is 2.38. The lowest BCUT2D eigenvalue weighted by atomic mass is 9.82. The first kappa shape index (κ1) is 12.5.